The minimum atomic E-state index is -4.30. The van der Waals surface area contributed by atoms with Gasteiger partial charge in [-0.05, 0) is 49.2 Å². The molecule has 1 unspecified atom stereocenters. The van der Waals surface area contributed by atoms with E-state index in [0.29, 0.717) is 11.7 Å². The quantitative estimate of drug-likeness (QED) is 0.571. The Kier molecular flexibility index (Phi) is 5.44. The van der Waals surface area contributed by atoms with Gasteiger partial charge in [-0.15, -0.1) is 0 Å². The molecule has 1 aliphatic rings. The van der Waals surface area contributed by atoms with Crippen LogP contribution in [0.25, 0.3) is 0 Å². The fraction of sp³-hybridized carbons (Fsp3) is 0.333. The molecule has 0 radical (unpaired) electrons. The van der Waals surface area contributed by atoms with Gasteiger partial charge >= 0.3 is 6.18 Å². The summed E-state index contributed by atoms with van der Waals surface area (Å²) in [7, 11) is 0. The summed E-state index contributed by atoms with van der Waals surface area (Å²) in [6, 6.07) is 13.8. The summed E-state index contributed by atoms with van der Waals surface area (Å²) in [6.45, 7) is 3.93. The van der Waals surface area contributed by atoms with E-state index >= 15 is 0 Å². The Morgan fingerprint density at radius 1 is 1.12 bits per heavy atom. The van der Waals surface area contributed by atoms with Gasteiger partial charge in [0.15, 0.2) is 0 Å². The van der Waals surface area contributed by atoms with Crippen LogP contribution in [0.15, 0.2) is 48.5 Å². The number of benzene rings is 2. The minimum absolute atomic E-state index is 0.325. The Balaban J connectivity index is 1.44. The Morgan fingerprint density at radius 2 is 1.84 bits per heavy atom. The number of alkyl halides is 3. The van der Waals surface area contributed by atoms with E-state index in [1.807, 2.05) is 0 Å². The maximum atomic E-state index is 12.5. The SMILES string of the molecule is CC(CNSNc1ccc(C(F)(F)F)cc1)N1CCc2ccccc21. The van der Waals surface area contributed by atoms with Crippen molar-refractivity contribution in [1.82, 2.24) is 4.72 Å². The molecule has 2 N–H and O–H groups in total. The maximum Gasteiger partial charge on any atom is 0.416 e. The van der Waals surface area contributed by atoms with E-state index in [2.05, 4.69) is 45.5 Å². The van der Waals surface area contributed by atoms with Crippen LogP contribution in [0, 0.1) is 0 Å². The molecule has 1 atom stereocenters. The molecule has 0 spiro atoms. The topological polar surface area (TPSA) is 27.3 Å². The van der Waals surface area contributed by atoms with Gasteiger partial charge in [0.2, 0.25) is 0 Å². The Morgan fingerprint density at radius 3 is 2.56 bits per heavy atom. The highest BCUT2D eigenvalue weighted by molar-refractivity contribution is 7.98. The summed E-state index contributed by atoms with van der Waals surface area (Å²) in [6.07, 6.45) is -3.23. The van der Waals surface area contributed by atoms with Gasteiger partial charge in [0.25, 0.3) is 0 Å². The molecule has 0 aromatic heterocycles. The van der Waals surface area contributed by atoms with Crippen LogP contribution in [-0.2, 0) is 12.6 Å². The first kappa shape index (κ1) is 17.9. The molecular weight excluding hydrogens is 347 g/mol. The molecule has 25 heavy (non-hydrogen) atoms. The van der Waals surface area contributed by atoms with Gasteiger partial charge < -0.3 is 9.62 Å². The zero-order valence-electron chi connectivity index (χ0n) is 13.8. The zero-order chi connectivity index (χ0) is 17.9. The highest BCUT2D eigenvalue weighted by Crippen LogP contribution is 2.30. The molecule has 1 aliphatic heterocycles. The number of anilines is 2. The van der Waals surface area contributed by atoms with Crippen molar-refractivity contribution in [2.45, 2.75) is 25.6 Å². The molecule has 7 heteroatoms. The molecular formula is C18H20F3N3S. The average molecular weight is 367 g/mol. The second kappa shape index (κ2) is 7.58. The first-order chi connectivity index (χ1) is 11.9. The molecule has 0 amide bonds. The van der Waals surface area contributed by atoms with Crippen LogP contribution in [-0.4, -0.2) is 19.1 Å². The lowest BCUT2D eigenvalue weighted by molar-refractivity contribution is -0.137. The van der Waals surface area contributed by atoms with Gasteiger partial charge in [-0.3, -0.25) is 0 Å². The summed E-state index contributed by atoms with van der Waals surface area (Å²) < 4.78 is 43.8. The first-order valence-electron chi connectivity index (χ1n) is 8.11. The van der Waals surface area contributed by atoms with Crippen molar-refractivity contribution >= 4 is 23.5 Å². The summed E-state index contributed by atoms with van der Waals surface area (Å²) >= 11 is 1.28. The molecule has 134 valence electrons. The highest BCUT2D eigenvalue weighted by atomic mass is 32.2. The summed E-state index contributed by atoms with van der Waals surface area (Å²) in [5.41, 5.74) is 2.66. The van der Waals surface area contributed by atoms with E-state index in [1.165, 1.54) is 35.5 Å². The fourth-order valence-electron chi connectivity index (χ4n) is 2.92. The van der Waals surface area contributed by atoms with Crippen molar-refractivity contribution in [3.8, 4) is 0 Å². The molecule has 0 saturated carbocycles. The smallest absolute Gasteiger partial charge is 0.367 e. The van der Waals surface area contributed by atoms with Crippen molar-refractivity contribution < 1.29 is 13.2 Å². The molecule has 2 aromatic rings. The molecule has 3 nitrogen and oxygen atoms in total. The summed E-state index contributed by atoms with van der Waals surface area (Å²) in [5.74, 6) is 0. The summed E-state index contributed by atoms with van der Waals surface area (Å²) in [4.78, 5) is 2.38. The first-order valence-corrected chi connectivity index (χ1v) is 8.93. The van der Waals surface area contributed by atoms with Crippen LogP contribution in [0.5, 0.6) is 0 Å². The number of halogens is 3. The number of rotatable bonds is 6. The molecule has 0 aliphatic carbocycles. The van der Waals surface area contributed by atoms with Gasteiger partial charge in [0, 0.05) is 42.6 Å². The Bertz CT molecular complexity index is 703. The number of nitrogens with one attached hydrogen (secondary N) is 2. The number of fused-ring (bicyclic) bond motifs is 1. The van der Waals surface area contributed by atoms with Crippen LogP contribution >= 0.6 is 12.1 Å². The Labute approximate surface area is 149 Å². The minimum Gasteiger partial charge on any atom is -0.367 e. The molecule has 2 aromatic carbocycles. The van der Waals surface area contributed by atoms with Crippen LogP contribution in [0.3, 0.4) is 0 Å². The van der Waals surface area contributed by atoms with E-state index < -0.39 is 11.7 Å². The fourth-order valence-corrected chi connectivity index (χ4v) is 3.57. The zero-order valence-corrected chi connectivity index (χ0v) is 14.6. The second-order valence-electron chi connectivity index (χ2n) is 6.05. The normalized spacial score (nSPS) is 15.1. The second-order valence-corrected chi connectivity index (χ2v) is 6.75. The standard InChI is InChI=1S/C18H20F3N3S/c1-13(24-11-10-14-4-2-3-5-17(14)24)12-22-25-23-16-8-6-15(7-9-16)18(19,20)21/h2-9,13,22-23H,10-12H2,1H3. The number of hydrogen-bond donors (Lipinski definition) is 2. The third kappa shape index (κ3) is 4.41. The van der Waals surface area contributed by atoms with E-state index in [4.69, 9.17) is 0 Å². The van der Waals surface area contributed by atoms with Crippen molar-refractivity contribution in [3.05, 3.63) is 59.7 Å². The Hall–Kier alpha value is -1.86. The molecule has 0 saturated heterocycles. The molecule has 0 fully saturated rings. The van der Waals surface area contributed by atoms with Crippen LogP contribution in [0.1, 0.15) is 18.1 Å². The largest absolute Gasteiger partial charge is 0.416 e. The number of para-hydroxylation sites is 1. The van der Waals surface area contributed by atoms with E-state index in [9.17, 15) is 13.2 Å². The van der Waals surface area contributed by atoms with Gasteiger partial charge in [0.1, 0.15) is 0 Å². The van der Waals surface area contributed by atoms with Crippen LogP contribution < -0.4 is 14.3 Å². The third-order valence-corrected chi connectivity index (χ3v) is 4.94. The average Bonchev–Trinajstić information content (AvgIpc) is 3.02. The molecule has 0 bridgehead atoms. The van der Waals surface area contributed by atoms with Crippen LogP contribution in [0.2, 0.25) is 0 Å². The van der Waals surface area contributed by atoms with Crippen molar-refractivity contribution in [2.75, 3.05) is 22.7 Å². The lowest BCUT2D eigenvalue weighted by atomic mass is 10.2. The van der Waals surface area contributed by atoms with E-state index in [0.717, 1.165) is 31.6 Å². The van der Waals surface area contributed by atoms with Gasteiger partial charge in [-0.2, -0.15) is 13.2 Å². The van der Waals surface area contributed by atoms with E-state index in [-0.39, 0.29) is 0 Å². The van der Waals surface area contributed by atoms with E-state index in [1.54, 1.807) is 0 Å². The van der Waals surface area contributed by atoms with Crippen LogP contribution in [0.4, 0.5) is 24.5 Å². The molecule has 1 heterocycles. The van der Waals surface area contributed by atoms with Crippen molar-refractivity contribution in [3.63, 3.8) is 0 Å². The monoisotopic (exact) mass is 367 g/mol. The predicted molar refractivity (Wildman–Crippen MR) is 97.6 cm³/mol. The molecule has 3 rings (SSSR count). The summed E-state index contributed by atoms with van der Waals surface area (Å²) in [5, 5.41) is 0. The maximum absolute atomic E-state index is 12.5. The highest BCUT2D eigenvalue weighted by Gasteiger charge is 2.29. The number of hydrogen-bond acceptors (Lipinski definition) is 4. The van der Waals surface area contributed by atoms with Gasteiger partial charge in [-0.25, -0.2) is 4.72 Å². The third-order valence-electron chi connectivity index (χ3n) is 4.29. The lowest BCUT2D eigenvalue weighted by Crippen LogP contribution is -2.38. The van der Waals surface area contributed by atoms with Crippen molar-refractivity contribution in [1.29, 1.82) is 0 Å². The van der Waals surface area contributed by atoms with Gasteiger partial charge in [-0.1, -0.05) is 18.2 Å². The van der Waals surface area contributed by atoms with Crippen molar-refractivity contribution in [2.24, 2.45) is 0 Å². The lowest BCUT2D eigenvalue weighted by Gasteiger charge is -2.27. The number of nitrogens with zero attached hydrogens (tertiary/aromatic N) is 1. The predicted octanol–water partition coefficient (Wildman–Crippen LogP) is 4.72. The van der Waals surface area contributed by atoms with Gasteiger partial charge in [0.05, 0.1) is 5.56 Å².